The molecule has 0 saturated heterocycles. The average Bonchev–Trinajstić information content (AvgIpc) is 2.93. The van der Waals surface area contributed by atoms with Gasteiger partial charge in [-0.15, -0.1) is 11.3 Å². The van der Waals surface area contributed by atoms with Crippen LogP contribution in [0.15, 0.2) is 11.4 Å². The highest BCUT2D eigenvalue weighted by atomic mass is 32.1. The molecule has 2 heterocycles. The smallest absolute Gasteiger partial charge is 0.220 e. The van der Waals surface area contributed by atoms with E-state index in [4.69, 9.17) is 0 Å². The van der Waals surface area contributed by atoms with Crippen molar-refractivity contribution in [3.05, 3.63) is 38.8 Å². The summed E-state index contributed by atoms with van der Waals surface area (Å²) in [5.41, 5.74) is 4.68. The van der Waals surface area contributed by atoms with E-state index < -0.39 is 0 Å². The maximum atomic E-state index is 11.9. The number of aromatic nitrogens is 2. The normalized spacial score (nSPS) is 10.9. The number of amides is 1. The van der Waals surface area contributed by atoms with Gasteiger partial charge >= 0.3 is 0 Å². The van der Waals surface area contributed by atoms with Crippen molar-refractivity contribution in [2.24, 2.45) is 7.05 Å². The molecule has 0 aliphatic heterocycles. The number of nitrogens with zero attached hydrogens (tertiary/aromatic N) is 2. The van der Waals surface area contributed by atoms with Gasteiger partial charge in [-0.3, -0.25) is 9.48 Å². The van der Waals surface area contributed by atoms with Crippen molar-refractivity contribution in [3.63, 3.8) is 0 Å². The Bertz CT molecular complexity index is 628. The van der Waals surface area contributed by atoms with Gasteiger partial charge in [0.1, 0.15) is 0 Å². The summed E-state index contributed by atoms with van der Waals surface area (Å²) < 4.78 is 1.88. The Kier molecular flexibility index (Phi) is 5.17. The van der Waals surface area contributed by atoms with Crippen LogP contribution in [-0.2, 0) is 24.7 Å². The number of carbonyl (C=O) groups is 1. The number of thiophene rings is 1. The van der Waals surface area contributed by atoms with E-state index in [1.165, 1.54) is 16.0 Å². The number of nitrogens with one attached hydrogen (secondary N) is 1. The van der Waals surface area contributed by atoms with Crippen molar-refractivity contribution in [1.82, 2.24) is 15.1 Å². The van der Waals surface area contributed by atoms with Crippen LogP contribution < -0.4 is 5.32 Å². The first kappa shape index (κ1) is 15.8. The van der Waals surface area contributed by atoms with Gasteiger partial charge in [0.25, 0.3) is 0 Å². The van der Waals surface area contributed by atoms with Gasteiger partial charge in [0.05, 0.1) is 5.69 Å². The van der Waals surface area contributed by atoms with Crippen LogP contribution in [0.2, 0.25) is 0 Å². The van der Waals surface area contributed by atoms with Gasteiger partial charge in [0.15, 0.2) is 0 Å². The van der Waals surface area contributed by atoms with Gasteiger partial charge in [-0.1, -0.05) is 0 Å². The molecule has 0 unspecified atom stereocenters. The standard InChI is InChI=1S/C16H23N3OS/c1-11-8-10-21-15(11)7-9-17-16(20)6-5-14-12(2)18-19(4)13(14)3/h8,10H,5-7,9H2,1-4H3,(H,17,20). The second-order valence-electron chi connectivity index (χ2n) is 5.40. The molecule has 2 rings (SSSR count). The minimum atomic E-state index is 0.117. The molecule has 0 spiro atoms. The van der Waals surface area contributed by atoms with Gasteiger partial charge in [-0.2, -0.15) is 5.10 Å². The zero-order chi connectivity index (χ0) is 15.4. The van der Waals surface area contributed by atoms with E-state index in [1.807, 2.05) is 25.6 Å². The molecule has 2 aromatic heterocycles. The van der Waals surface area contributed by atoms with Crippen molar-refractivity contribution in [3.8, 4) is 0 Å². The summed E-state index contributed by atoms with van der Waals surface area (Å²) >= 11 is 1.76. The van der Waals surface area contributed by atoms with Crippen LogP contribution in [0.1, 0.15) is 33.8 Å². The predicted octanol–water partition coefficient (Wildman–Crippen LogP) is 2.70. The Hall–Kier alpha value is -1.62. The molecule has 4 nitrogen and oxygen atoms in total. The quantitative estimate of drug-likeness (QED) is 0.892. The third-order valence-corrected chi connectivity index (χ3v) is 4.99. The van der Waals surface area contributed by atoms with Crippen molar-refractivity contribution >= 4 is 17.2 Å². The summed E-state index contributed by atoms with van der Waals surface area (Å²) in [7, 11) is 1.94. The first-order valence-electron chi connectivity index (χ1n) is 7.27. The lowest BCUT2D eigenvalue weighted by Crippen LogP contribution is -2.25. The summed E-state index contributed by atoms with van der Waals surface area (Å²) in [6, 6.07) is 2.12. The van der Waals surface area contributed by atoms with Crippen LogP contribution in [0.4, 0.5) is 0 Å². The Morgan fingerprint density at radius 3 is 2.67 bits per heavy atom. The molecular formula is C16H23N3OS. The van der Waals surface area contributed by atoms with E-state index in [2.05, 4.69) is 28.8 Å². The summed E-state index contributed by atoms with van der Waals surface area (Å²) in [5.74, 6) is 0.117. The zero-order valence-electron chi connectivity index (χ0n) is 13.2. The van der Waals surface area contributed by atoms with Crippen molar-refractivity contribution in [2.45, 2.75) is 40.0 Å². The summed E-state index contributed by atoms with van der Waals surface area (Å²) in [4.78, 5) is 13.3. The summed E-state index contributed by atoms with van der Waals surface area (Å²) in [6.07, 6.45) is 2.20. The average molecular weight is 305 g/mol. The molecule has 0 radical (unpaired) electrons. The lowest BCUT2D eigenvalue weighted by Gasteiger charge is -2.05. The van der Waals surface area contributed by atoms with Crippen molar-refractivity contribution in [1.29, 1.82) is 0 Å². The van der Waals surface area contributed by atoms with Crippen LogP contribution in [0, 0.1) is 20.8 Å². The number of hydrogen-bond donors (Lipinski definition) is 1. The van der Waals surface area contributed by atoms with Crippen molar-refractivity contribution < 1.29 is 4.79 Å². The summed E-state index contributed by atoms with van der Waals surface area (Å²) in [6.45, 7) is 6.87. The van der Waals surface area contributed by atoms with Crippen LogP contribution in [0.25, 0.3) is 0 Å². The maximum absolute atomic E-state index is 11.9. The summed E-state index contributed by atoms with van der Waals surface area (Å²) in [5, 5.41) is 9.48. The zero-order valence-corrected chi connectivity index (χ0v) is 14.0. The first-order valence-corrected chi connectivity index (χ1v) is 8.15. The second-order valence-corrected chi connectivity index (χ2v) is 6.40. The van der Waals surface area contributed by atoms with Crippen LogP contribution in [0.5, 0.6) is 0 Å². The fourth-order valence-electron chi connectivity index (χ4n) is 2.48. The minimum absolute atomic E-state index is 0.117. The van der Waals surface area contributed by atoms with E-state index in [0.717, 1.165) is 24.2 Å². The van der Waals surface area contributed by atoms with Gasteiger partial charge < -0.3 is 5.32 Å². The molecule has 2 aromatic rings. The molecule has 114 valence electrons. The third-order valence-electron chi connectivity index (χ3n) is 3.90. The van der Waals surface area contributed by atoms with E-state index >= 15 is 0 Å². The first-order chi connectivity index (χ1) is 9.99. The highest BCUT2D eigenvalue weighted by molar-refractivity contribution is 7.10. The molecule has 1 amide bonds. The molecule has 0 bridgehead atoms. The lowest BCUT2D eigenvalue weighted by atomic mass is 10.1. The van der Waals surface area contributed by atoms with Gasteiger partial charge in [0.2, 0.25) is 5.91 Å². The highest BCUT2D eigenvalue weighted by Crippen LogP contribution is 2.16. The molecule has 0 aliphatic carbocycles. The molecule has 5 heteroatoms. The monoisotopic (exact) mass is 305 g/mol. The Morgan fingerprint density at radius 2 is 2.10 bits per heavy atom. The van der Waals surface area contributed by atoms with E-state index in [9.17, 15) is 4.79 Å². The van der Waals surface area contributed by atoms with Gasteiger partial charge in [-0.25, -0.2) is 0 Å². The third kappa shape index (κ3) is 3.94. The Morgan fingerprint density at radius 1 is 1.33 bits per heavy atom. The van der Waals surface area contributed by atoms with Crippen LogP contribution >= 0.6 is 11.3 Å². The molecule has 0 atom stereocenters. The fourth-order valence-corrected chi connectivity index (χ4v) is 3.39. The van der Waals surface area contributed by atoms with E-state index in [1.54, 1.807) is 11.3 Å². The van der Waals surface area contributed by atoms with Crippen molar-refractivity contribution in [2.75, 3.05) is 6.54 Å². The number of carbonyl (C=O) groups excluding carboxylic acids is 1. The van der Waals surface area contributed by atoms with Crippen LogP contribution in [0.3, 0.4) is 0 Å². The molecule has 1 N–H and O–H groups in total. The number of aryl methyl sites for hydroxylation is 3. The highest BCUT2D eigenvalue weighted by Gasteiger charge is 2.11. The second kappa shape index (κ2) is 6.89. The number of hydrogen-bond acceptors (Lipinski definition) is 3. The molecule has 0 fully saturated rings. The molecule has 0 saturated carbocycles. The van der Waals surface area contributed by atoms with Gasteiger partial charge in [-0.05, 0) is 56.2 Å². The van der Waals surface area contributed by atoms with E-state index in [0.29, 0.717) is 13.0 Å². The molecule has 21 heavy (non-hydrogen) atoms. The molecular weight excluding hydrogens is 282 g/mol. The predicted molar refractivity (Wildman–Crippen MR) is 86.8 cm³/mol. The maximum Gasteiger partial charge on any atom is 0.220 e. The largest absolute Gasteiger partial charge is 0.356 e. The minimum Gasteiger partial charge on any atom is -0.356 e. The van der Waals surface area contributed by atoms with Crippen LogP contribution in [-0.4, -0.2) is 22.2 Å². The van der Waals surface area contributed by atoms with E-state index in [-0.39, 0.29) is 5.91 Å². The topological polar surface area (TPSA) is 46.9 Å². The molecule has 0 aliphatic rings. The Balaban J connectivity index is 1.76. The fraction of sp³-hybridized carbons (Fsp3) is 0.500. The Labute approximate surface area is 130 Å². The SMILES string of the molecule is Cc1ccsc1CCNC(=O)CCc1c(C)nn(C)c1C. The number of rotatable bonds is 6. The van der Waals surface area contributed by atoms with Gasteiger partial charge in [0, 0.05) is 30.6 Å². The molecule has 0 aromatic carbocycles. The lowest BCUT2D eigenvalue weighted by molar-refractivity contribution is -0.121.